The first-order valence-electron chi connectivity index (χ1n) is 7.98. The number of phenolic OH excluding ortho intramolecular Hbond substituents is 4. The van der Waals surface area contributed by atoms with Crippen LogP contribution in [0.3, 0.4) is 0 Å². The molecule has 0 aromatic heterocycles. The molecule has 3 aromatic carbocycles. The Hall–Kier alpha value is -3.14. The van der Waals surface area contributed by atoms with Gasteiger partial charge in [-0.05, 0) is 42.7 Å². The van der Waals surface area contributed by atoms with Crippen molar-refractivity contribution in [1.29, 1.82) is 0 Å². The highest BCUT2D eigenvalue weighted by atomic mass is 16.3. The van der Waals surface area contributed by atoms with Crippen LogP contribution in [0, 0.1) is 13.8 Å². The van der Waals surface area contributed by atoms with Gasteiger partial charge in [-0.1, -0.05) is 30.3 Å². The molecule has 0 spiro atoms. The third kappa shape index (κ3) is 3.11. The highest BCUT2D eigenvalue weighted by Gasteiger charge is 2.24. The van der Waals surface area contributed by atoms with Crippen molar-refractivity contribution < 1.29 is 20.4 Å². The fourth-order valence-corrected chi connectivity index (χ4v) is 3.05. The second kappa shape index (κ2) is 6.40. The van der Waals surface area contributed by atoms with Gasteiger partial charge in [0.1, 0.15) is 23.0 Å². The SMILES string of the molecule is Cc1cc(C(c2ccccc2)c2cc(C)c(O)cc2O)c(O)cc1O. The van der Waals surface area contributed by atoms with E-state index >= 15 is 0 Å². The molecule has 4 nitrogen and oxygen atoms in total. The van der Waals surface area contributed by atoms with Crippen LogP contribution < -0.4 is 0 Å². The molecule has 0 saturated heterocycles. The number of hydrogen-bond acceptors (Lipinski definition) is 4. The third-order valence-electron chi connectivity index (χ3n) is 4.45. The molecule has 0 unspecified atom stereocenters. The van der Waals surface area contributed by atoms with Gasteiger partial charge in [-0.15, -0.1) is 0 Å². The van der Waals surface area contributed by atoms with E-state index in [-0.39, 0.29) is 23.0 Å². The molecule has 0 aliphatic carbocycles. The van der Waals surface area contributed by atoms with Crippen LogP contribution in [0.15, 0.2) is 54.6 Å². The maximum Gasteiger partial charge on any atom is 0.123 e. The van der Waals surface area contributed by atoms with Crippen molar-refractivity contribution in [1.82, 2.24) is 0 Å². The van der Waals surface area contributed by atoms with Crippen LogP contribution in [0.4, 0.5) is 0 Å². The third-order valence-corrected chi connectivity index (χ3v) is 4.45. The van der Waals surface area contributed by atoms with Crippen molar-refractivity contribution in [2.45, 2.75) is 19.8 Å². The van der Waals surface area contributed by atoms with Crippen LogP contribution in [-0.2, 0) is 0 Å². The van der Waals surface area contributed by atoms with Gasteiger partial charge in [-0.2, -0.15) is 0 Å². The second-order valence-electron chi connectivity index (χ2n) is 6.24. The molecular formula is C21H20O4. The number of benzene rings is 3. The summed E-state index contributed by atoms with van der Waals surface area (Å²) in [7, 11) is 0. The Bertz CT molecular complexity index is 859. The highest BCUT2D eigenvalue weighted by Crippen LogP contribution is 2.43. The highest BCUT2D eigenvalue weighted by molar-refractivity contribution is 5.57. The molecule has 4 N–H and O–H groups in total. The summed E-state index contributed by atoms with van der Waals surface area (Å²) in [6, 6.07) is 15.5. The van der Waals surface area contributed by atoms with Crippen molar-refractivity contribution in [3.05, 3.63) is 82.4 Å². The molecular weight excluding hydrogens is 316 g/mol. The van der Waals surface area contributed by atoms with Crippen LogP contribution >= 0.6 is 0 Å². The predicted octanol–water partition coefficient (Wildman–Crippen LogP) is 4.31. The Labute approximate surface area is 146 Å². The molecule has 0 atom stereocenters. The maximum atomic E-state index is 10.4. The number of rotatable bonds is 3. The summed E-state index contributed by atoms with van der Waals surface area (Å²) in [6.45, 7) is 3.50. The summed E-state index contributed by atoms with van der Waals surface area (Å²) >= 11 is 0. The molecule has 0 aliphatic rings. The Morgan fingerprint density at radius 3 is 1.48 bits per heavy atom. The average molecular weight is 336 g/mol. The summed E-state index contributed by atoms with van der Waals surface area (Å²) in [6.07, 6.45) is 0. The number of aromatic hydroxyl groups is 4. The van der Waals surface area contributed by atoms with Gasteiger partial charge < -0.3 is 20.4 Å². The quantitative estimate of drug-likeness (QED) is 0.537. The first-order valence-corrected chi connectivity index (χ1v) is 7.98. The summed E-state index contributed by atoms with van der Waals surface area (Å²) in [5.74, 6) is -0.526. The molecule has 0 fully saturated rings. The van der Waals surface area contributed by atoms with Gasteiger partial charge in [0.15, 0.2) is 0 Å². The molecule has 3 aromatic rings. The lowest BCUT2D eigenvalue weighted by molar-refractivity contribution is 0.437. The van der Waals surface area contributed by atoms with Crippen molar-refractivity contribution in [3.8, 4) is 23.0 Å². The maximum absolute atomic E-state index is 10.4. The van der Waals surface area contributed by atoms with Gasteiger partial charge in [0.05, 0.1) is 0 Å². The van der Waals surface area contributed by atoms with E-state index in [2.05, 4.69) is 0 Å². The van der Waals surface area contributed by atoms with E-state index in [0.29, 0.717) is 22.3 Å². The lowest BCUT2D eigenvalue weighted by Crippen LogP contribution is -2.05. The topological polar surface area (TPSA) is 80.9 Å². The Balaban J connectivity index is 2.29. The minimum atomic E-state index is -0.445. The van der Waals surface area contributed by atoms with E-state index < -0.39 is 5.92 Å². The largest absolute Gasteiger partial charge is 0.508 e. The lowest BCUT2D eigenvalue weighted by atomic mass is 9.83. The smallest absolute Gasteiger partial charge is 0.123 e. The molecule has 3 rings (SSSR count). The summed E-state index contributed by atoms with van der Waals surface area (Å²) in [4.78, 5) is 0. The van der Waals surface area contributed by atoms with Gasteiger partial charge in [0.25, 0.3) is 0 Å². The molecule has 4 heteroatoms. The molecule has 0 amide bonds. The lowest BCUT2D eigenvalue weighted by Gasteiger charge is -2.22. The molecule has 0 radical (unpaired) electrons. The van der Waals surface area contributed by atoms with E-state index in [1.165, 1.54) is 12.1 Å². The van der Waals surface area contributed by atoms with Gasteiger partial charge in [0, 0.05) is 29.2 Å². The minimum absolute atomic E-state index is 0.0131. The fourth-order valence-electron chi connectivity index (χ4n) is 3.05. The zero-order valence-electron chi connectivity index (χ0n) is 14.1. The summed E-state index contributed by atoms with van der Waals surface area (Å²) < 4.78 is 0. The van der Waals surface area contributed by atoms with Gasteiger partial charge in [-0.25, -0.2) is 0 Å². The molecule has 128 valence electrons. The van der Waals surface area contributed by atoms with Crippen molar-refractivity contribution in [2.24, 2.45) is 0 Å². The number of phenols is 4. The van der Waals surface area contributed by atoms with E-state index in [4.69, 9.17) is 0 Å². The van der Waals surface area contributed by atoms with E-state index in [0.717, 1.165) is 5.56 Å². The Kier molecular flexibility index (Phi) is 4.28. The van der Waals surface area contributed by atoms with Crippen LogP contribution in [-0.4, -0.2) is 20.4 Å². The Morgan fingerprint density at radius 1 is 0.600 bits per heavy atom. The van der Waals surface area contributed by atoms with E-state index in [9.17, 15) is 20.4 Å². The van der Waals surface area contributed by atoms with Crippen LogP contribution in [0.25, 0.3) is 0 Å². The molecule has 0 saturated carbocycles. The van der Waals surface area contributed by atoms with Crippen molar-refractivity contribution in [3.63, 3.8) is 0 Å². The van der Waals surface area contributed by atoms with Gasteiger partial charge in [0.2, 0.25) is 0 Å². The van der Waals surface area contributed by atoms with Crippen LogP contribution in [0.1, 0.15) is 33.7 Å². The molecule has 25 heavy (non-hydrogen) atoms. The monoisotopic (exact) mass is 336 g/mol. The normalized spacial score (nSPS) is 11.0. The first kappa shape index (κ1) is 16.7. The second-order valence-corrected chi connectivity index (χ2v) is 6.24. The van der Waals surface area contributed by atoms with E-state index in [1.807, 2.05) is 30.3 Å². The standard InChI is InChI=1S/C21H20O4/c1-12-8-15(19(24)10-17(12)22)21(14-6-4-3-5-7-14)16-9-13(2)18(23)11-20(16)25/h3-11,21-25H,1-2H3. The first-order chi connectivity index (χ1) is 11.9. The van der Waals surface area contributed by atoms with Crippen molar-refractivity contribution >= 4 is 0 Å². The van der Waals surface area contributed by atoms with Crippen LogP contribution in [0.2, 0.25) is 0 Å². The number of aryl methyl sites for hydroxylation is 2. The van der Waals surface area contributed by atoms with Gasteiger partial charge in [-0.3, -0.25) is 0 Å². The van der Waals surface area contributed by atoms with Crippen LogP contribution in [0.5, 0.6) is 23.0 Å². The minimum Gasteiger partial charge on any atom is -0.508 e. The number of hydrogen-bond donors (Lipinski definition) is 4. The Morgan fingerprint density at radius 2 is 1.04 bits per heavy atom. The summed E-state index contributed by atoms with van der Waals surface area (Å²) in [5, 5.41) is 40.5. The fraction of sp³-hybridized carbons (Fsp3) is 0.143. The summed E-state index contributed by atoms with van der Waals surface area (Å²) in [5.41, 5.74) is 3.28. The zero-order chi connectivity index (χ0) is 18.1. The molecule has 0 heterocycles. The van der Waals surface area contributed by atoms with E-state index in [1.54, 1.807) is 26.0 Å². The zero-order valence-corrected chi connectivity index (χ0v) is 14.1. The average Bonchev–Trinajstić information content (AvgIpc) is 2.58. The predicted molar refractivity (Wildman–Crippen MR) is 96.4 cm³/mol. The van der Waals surface area contributed by atoms with Crippen molar-refractivity contribution in [2.75, 3.05) is 0 Å². The molecule has 0 bridgehead atoms. The molecule has 0 aliphatic heterocycles. The van der Waals surface area contributed by atoms with Gasteiger partial charge >= 0.3 is 0 Å².